The SMILES string of the molecule is CCN1C2=C(C(=O)CC(C)(C)C2)C(c2ccc(OCc3ccc(F)cc3)c(OC)c2)C2=C1CC(C)(C)CC2=O. The average Bonchev–Trinajstić information content (AvgIpc) is 2.85. The minimum Gasteiger partial charge on any atom is -0.493 e. The monoisotopic (exact) mass is 531 g/mol. The van der Waals surface area contributed by atoms with Crippen molar-refractivity contribution in [3.8, 4) is 11.5 Å². The largest absolute Gasteiger partial charge is 0.493 e. The molecule has 0 N–H and O–H groups in total. The first-order valence-electron chi connectivity index (χ1n) is 13.8. The number of halogens is 1. The lowest BCUT2D eigenvalue weighted by Crippen LogP contribution is -2.44. The topological polar surface area (TPSA) is 55.8 Å². The first-order chi connectivity index (χ1) is 18.4. The van der Waals surface area contributed by atoms with Crippen LogP contribution in [0.3, 0.4) is 0 Å². The molecule has 206 valence electrons. The van der Waals surface area contributed by atoms with Crippen LogP contribution in [-0.2, 0) is 16.2 Å². The maximum absolute atomic E-state index is 13.8. The van der Waals surface area contributed by atoms with E-state index in [1.807, 2.05) is 18.2 Å². The summed E-state index contributed by atoms with van der Waals surface area (Å²) in [6, 6.07) is 11.9. The number of methoxy groups -OCH3 is 1. The average molecular weight is 532 g/mol. The van der Waals surface area contributed by atoms with E-state index in [4.69, 9.17) is 9.47 Å². The Kier molecular flexibility index (Phi) is 6.94. The molecule has 0 aromatic heterocycles. The molecule has 0 saturated carbocycles. The molecule has 0 amide bonds. The number of ether oxygens (including phenoxy) is 2. The van der Waals surface area contributed by atoms with Crippen LogP contribution in [0, 0.1) is 16.6 Å². The second-order valence-corrected chi connectivity index (χ2v) is 12.6. The molecule has 2 aromatic carbocycles. The fourth-order valence-electron chi connectivity index (χ4n) is 6.49. The molecule has 39 heavy (non-hydrogen) atoms. The molecular formula is C33H38FNO4. The van der Waals surface area contributed by atoms with Crippen molar-refractivity contribution in [2.24, 2.45) is 10.8 Å². The van der Waals surface area contributed by atoms with E-state index in [0.29, 0.717) is 24.3 Å². The Morgan fingerprint density at radius 1 is 0.846 bits per heavy atom. The van der Waals surface area contributed by atoms with Crippen molar-refractivity contribution in [1.82, 2.24) is 4.90 Å². The van der Waals surface area contributed by atoms with Crippen molar-refractivity contribution < 1.29 is 23.5 Å². The molecule has 1 aliphatic heterocycles. The van der Waals surface area contributed by atoms with Gasteiger partial charge in [0.15, 0.2) is 23.1 Å². The Morgan fingerprint density at radius 3 is 1.92 bits per heavy atom. The quantitative estimate of drug-likeness (QED) is 0.397. The molecule has 2 aliphatic carbocycles. The van der Waals surface area contributed by atoms with E-state index in [1.54, 1.807) is 19.2 Å². The van der Waals surface area contributed by atoms with Gasteiger partial charge in [0.1, 0.15) is 12.4 Å². The van der Waals surface area contributed by atoms with Crippen molar-refractivity contribution in [2.75, 3.05) is 13.7 Å². The summed E-state index contributed by atoms with van der Waals surface area (Å²) in [7, 11) is 1.58. The molecule has 2 aromatic rings. The number of Topliss-reactive ketones (excluding diaryl/α,β-unsaturated/α-hetero) is 2. The molecule has 5 rings (SSSR count). The zero-order chi connectivity index (χ0) is 28.1. The Bertz CT molecular complexity index is 1330. The van der Waals surface area contributed by atoms with Gasteiger partial charge in [0, 0.05) is 47.8 Å². The third-order valence-corrected chi connectivity index (χ3v) is 8.17. The summed E-state index contributed by atoms with van der Waals surface area (Å²) < 4.78 is 25.0. The number of hydrogen-bond acceptors (Lipinski definition) is 5. The lowest BCUT2D eigenvalue weighted by Gasteiger charge is -2.48. The van der Waals surface area contributed by atoms with Crippen molar-refractivity contribution >= 4 is 11.6 Å². The van der Waals surface area contributed by atoms with Crippen LogP contribution < -0.4 is 9.47 Å². The van der Waals surface area contributed by atoms with Crippen LogP contribution in [-0.4, -0.2) is 30.1 Å². The Balaban J connectivity index is 1.60. The van der Waals surface area contributed by atoms with E-state index in [2.05, 4.69) is 39.5 Å². The van der Waals surface area contributed by atoms with Gasteiger partial charge < -0.3 is 14.4 Å². The van der Waals surface area contributed by atoms with Crippen LogP contribution in [0.2, 0.25) is 0 Å². The number of benzene rings is 2. The number of nitrogens with zero attached hydrogens (tertiary/aromatic N) is 1. The Hall–Kier alpha value is -3.41. The molecule has 0 spiro atoms. The third-order valence-electron chi connectivity index (χ3n) is 8.17. The summed E-state index contributed by atoms with van der Waals surface area (Å²) >= 11 is 0. The van der Waals surface area contributed by atoms with E-state index in [1.165, 1.54) is 12.1 Å². The summed E-state index contributed by atoms with van der Waals surface area (Å²) in [4.78, 5) is 29.9. The first-order valence-corrected chi connectivity index (χ1v) is 13.8. The standard InChI is InChI=1S/C33H38FNO4/c1-7-35-23-15-32(2,3)17-25(36)30(23)29(31-24(35)16-33(4,5)18-26(31)37)21-10-13-27(28(14-21)38-6)39-19-20-8-11-22(34)12-9-20/h8-14,29H,7,15-19H2,1-6H3. The second kappa shape index (κ2) is 9.96. The van der Waals surface area contributed by atoms with Crippen LogP contribution in [0.5, 0.6) is 11.5 Å². The zero-order valence-electron chi connectivity index (χ0n) is 23.8. The molecule has 0 saturated heterocycles. The van der Waals surface area contributed by atoms with Crippen molar-refractivity contribution in [2.45, 2.75) is 72.8 Å². The van der Waals surface area contributed by atoms with Gasteiger partial charge in [-0.15, -0.1) is 0 Å². The van der Waals surface area contributed by atoms with Crippen LogP contribution >= 0.6 is 0 Å². The van der Waals surface area contributed by atoms with Crippen molar-refractivity contribution in [1.29, 1.82) is 0 Å². The fraction of sp³-hybridized carbons (Fsp3) is 0.455. The number of allylic oxidation sites excluding steroid dienone is 4. The highest BCUT2D eigenvalue weighted by molar-refractivity contribution is 6.06. The van der Waals surface area contributed by atoms with E-state index in [-0.39, 0.29) is 34.8 Å². The molecule has 1 heterocycles. The summed E-state index contributed by atoms with van der Waals surface area (Å²) in [5, 5.41) is 0. The zero-order valence-corrected chi connectivity index (χ0v) is 23.8. The summed E-state index contributed by atoms with van der Waals surface area (Å²) in [6.45, 7) is 11.7. The van der Waals surface area contributed by atoms with Gasteiger partial charge >= 0.3 is 0 Å². The van der Waals surface area contributed by atoms with Crippen LogP contribution in [0.1, 0.15) is 77.3 Å². The minimum absolute atomic E-state index is 0.115. The van der Waals surface area contributed by atoms with Gasteiger partial charge in [0.2, 0.25) is 0 Å². The minimum atomic E-state index is -0.426. The molecule has 0 unspecified atom stereocenters. The van der Waals surface area contributed by atoms with E-state index < -0.39 is 5.92 Å². The normalized spacial score (nSPS) is 20.6. The van der Waals surface area contributed by atoms with Crippen molar-refractivity contribution in [3.63, 3.8) is 0 Å². The highest BCUT2D eigenvalue weighted by Gasteiger charge is 2.48. The van der Waals surface area contributed by atoms with E-state index >= 15 is 0 Å². The maximum Gasteiger partial charge on any atom is 0.162 e. The lowest BCUT2D eigenvalue weighted by atomic mass is 9.63. The summed E-state index contributed by atoms with van der Waals surface area (Å²) in [5.41, 5.74) is 5.04. The van der Waals surface area contributed by atoms with E-state index in [0.717, 1.165) is 53.1 Å². The number of rotatable bonds is 6. The molecule has 0 atom stereocenters. The van der Waals surface area contributed by atoms with Crippen LogP contribution in [0.4, 0.5) is 4.39 Å². The fourth-order valence-corrected chi connectivity index (χ4v) is 6.49. The number of ketones is 2. The lowest BCUT2D eigenvalue weighted by molar-refractivity contribution is -0.119. The first kappa shape index (κ1) is 27.2. The van der Waals surface area contributed by atoms with Gasteiger partial charge in [-0.1, -0.05) is 45.9 Å². The third kappa shape index (κ3) is 5.13. The molecule has 0 bridgehead atoms. The number of carbonyl (C=O) groups excluding carboxylic acids is 2. The van der Waals surface area contributed by atoms with Gasteiger partial charge in [0.25, 0.3) is 0 Å². The van der Waals surface area contributed by atoms with E-state index in [9.17, 15) is 14.0 Å². The molecule has 3 aliphatic rings. The summed E-state index contributed by atoms with van der Waals surface area (Å²) in [6.07, 6.45) is 2.50. The van der Waals surface area contributed by atoms with Gasteiger partial charge in [-0.2, -0.15) is 0 Å². The molecule has 6 heteroatoms. The van der Waals surface area contributed by atoms with Crippen LogP contribution in [0.25, 0.3) is 0 Å². The molecule has 0 radical (unpaired) electrons. The van der Waals surface area contributed by atoms with Gasteiger partial charge in [-0.25, -0.2) is 4.39 Å². The number of carbonyl (C=O) groups is 2. The Labute approximate surface area is 230 Å². The maximum atomic E-state index is 13.8. The van der Waals surface area contributed by atoms with Gasteiger partial charge in [0.05, 0.1) is 7.11 Å². The highest BCUT2D eigenvalue weighted by atomic mass is 19.1. The summed E-state index contributed by atoms with van der Waals surface area (Å²) in [5.74, 6) is 0.591. The number of hydrogen-bond donors (Lipinski definition) is 0. The second-order valence-electron chi connectivity index (χ2n) is 12.6. The Morgan fingerprint density at radius 2 is 1.41 bits per heavy atom. The smallest absolute Gasteiger partial charge is 0.162 e. The predicted octanol–water partition coefficient (Wildman–Crippen LogP) is 7.12. The predicted molar refractivity (Wildman–Crippen MR) is 149 cm³/mol. The van der Waals surface area contributed by atoms with Gasteiger partial charge in [-0.3, -0.25) is 9.59 Å². The van der Waals surface area contributed by atoms with Crippen molar-refractivity contribution in [3.05, 3.63) is 81.9 Å². The molecular weight excluding hydrogens is 493 g/mol. The highest BCUT2D eigenvalue weighted by Crippen LogP contribution is 2.54. The molecule has 0 fully saturated rings. The van der Waals surface area contributed by atoms with Crippen LogP contribution in [0.15, 0.2) is 65.0 Å². The van der Waals surface area contributed by atoms with Gasteiger partial charge in [-0.05, 0) is 66.0 Å². The molecule has 5 nitrogen and oxygen atoms in total.